The van der Waals surface area contributed by atoms with Crippen LogP contribution in [0.15, 0.2) is 63.3 Å². The number of sulfone groups is 1. The topological polar surface area (TPSA) is 116 Å². The number of amides is 1. The Morgan fingerprint density at radius 1 is 1.19 bits per heavy atom. The zero-order valence-corrected chi connectivity index (χ0v) is 19.2. The van der Waals surface area contributed by atoms with Gasteiger partial charge in [-0.05, 0) is 61.7 Å². The summed E-state index contributed by atoms with van der Waals surface area (Å²) >= 11 is 6.99. The molecule has 11 heteroatoms. The molecule has 164 valence electrons. The molecule has 8 nitrogen and oxygen atoms in total. The summed E-state index contributed by atoms with van der Waals surface area (Å²) in [7, 11) is -3.95. The lowest BCUT2D eigenvalue weighted by Crippen LogP contribution is -2.21. The molecule has 0 saturated heterocycles. The maximum Gasteiger partial charge on any atom is 0.246 e. The normalized spacial score (nSPS) is 11.3. The summed E-state index contributed by atoms with van der Waals surface area (Å²) in [4.78, 5) is 12.4. The number of hydrogen-bond donors (Lipinski definition) is 2. The van der Waals surface area contributed by atoms with Crippen molar-refractivity contribution in [1.82, 2.24) is 9.78 Å². The van der Waals surface area contributed by atoms with Crippen molar-refractivity contribution in [3.63, 3.8) is 0 Å². The minimum Gasteiger partial charge on any atom is -0.494 e. The van der Waals surface area contributed by atoms with Crippen molar-refractivity contribution >= 4 is 50.6 Å². The Bertz CT molecular complexity index is 1180. The maximum atomic E-state index is 13.1. The quantitative estimate of drug-likeness (QED) is 0.472. The van der Waals surface area contributed by atoms with Gasteiger partial charge in [-0.2, -0.15) is 5.10 Å². The van der Waals surface area contributed by atoms with Gasteiger partial charge in [0.15, 0.2) is 0 Å². The lowest BCUT2D eigenvalue weighted by atomic mass is 10.3. The van der Waals surface area contributed by atoms with Crippen LogP contribution >= 0.6 is 23.4 Å². The predicted octanol–water partition coefficient (Wildman–Crippen LogP) is 3.71. The highest BCUT2D eigenvalue weighted by atomic mass is 35.5. The fourth-order valence-corrected chi connectivity index (χ4v) is 5.37. The van der Waals surface area contributed by atoms with E-state index in [4.69, 9.17) is 22.1 Å². The van der Waals surface area contributed by atoms with E-state index in [1.54, 1.807) is 30.5 Å². The molecular weight excluding hydrogens is 460 g/mol. The zero-order valence-electron chi connectivity index (χ0n) is 16.8. The van der Waals surface area contributed by atoms with Gasteiger partial charge in [-0.1, -0.05) is 11.6 Å². The number of anilines is 2. The molecule has 0 bridgehead atoms. The Kier molecular flexibility index (Phi) is 7.14. The SMILES string of the molecule is CCOc1ccc(NC(=O)Cn2nc(SC)c(S(=O)(=O)c3ccc(Cl)cc3)c2N)cc1. The van der Waals surface area contributed by atoms with E-state index in [9.17, 15) is 13.2 Å². The molecule has 0 aliphatic rings. The van der Waals surface area contributed by atoms with Crippen molar-refractivity contribution < 1.29 is 17.9 Å². The summed E-state index contributed by atoms with van der Waals surface area (Å²) < 4.78 is 32.8. The number of thioether (sulfide) groups is 1. The number of rotatable bonds is 8. The molecule has 31 heavy (non-hydrogen) atoms. The van der Waals surface area contributed by atoms with E-state index in [-0.39, 0.29) is 27.2 Å². The smallest absolute Gasteiger partial charge is 0.246 e. The van der Waals surface area contributed by atoms with Crippen LogP contribution in [0.2, 0.25) is 5.02 Å². The van der Waals surface area contributed by atoms with Crippen LogP contribution < -0.4 is 15.8 Å². The minimum atomic E-state index is -3.95. The fourth-order valence-electron chi connectivity index (χ4n) is 2.81. The van der Waals surface area contributed by atoms with Gasteiger partial charge in [0.2, 0.25) is 15.7 Å². The Labute approximate surface area is 189 Å². The molecule has 3 rings (SSSR count). The van der Waals surface area contributed by atoms with Crippen molar-refractivity contribution in [2.75, 3.05) is 23.9 Å². The highest BCUT2D eigenvalue weighted by molar-refractivity contribution is 7.99. The van der Waals surface area contributed by atoms with Gasteiger partial charge < -0.3 is 15.8 Å². The van der Waals surface area contributed by atoms with Crippen LogP contribution in [0.5, 0.6) is 5.75 Å². The van der Waals surface area contributed by atoms with Crippen LogP contribution in [0.4, 0.5) is 11.5 Å². The molecule has 3 aromatic rings. The molecular formula is C20H21ClN4O4S2. The molecule has 0 aliphatic heterocycles. The van der Waals surface area contributed by atoms with E-state index in [0.717, 1.165) is 11.8 Å². The van der Waals surface area contributed by atoms with Gasteiger partial charge in [-0.25, -0.2) is 13.1 Å². The average molecular weight is 481 g/mol. The monoisotopic (exact) mass is 480 g/mol. The fraction of sp³-hybridized carbons (Fsp3) is 0.200. The Morgan fingerprint density at radius 3 is 2.42 bits per heavy atom. The van der Waals surface area contributed by atoms with E-state index in [2.05, 4.69) is 10.4 Å². The first-order valence-corrected chi connectivity index (χ1v) is 12.3. The molecule has 0 unspecified atom stereocenters. The number of nitrogen functional groups attached to an aromatic ring is 1. The van der Waals surface area contributed by atoms with Crippen molar-refractivity contribution in [2.24, 2.45) is 0 Å². The summed E-state index contributed by atoms with van der Waals surface area (Å²) in [6, 6.07) is 12.7. The molecule has 1 amide bonds. The molecule has 2 aromatic carbocycles. The standard InChI is InChI=1S/C20H21ClN4O4S2/c1-3-29-15-8-6-14(7-9-15)23-17(26)12-25-19(22)18(20(24-25)30-2)31(27,28)16-10-4-13(21)5-11-16/h4-11H,3,12,22H2,1-2H3,(H,23,26). The number of benzene rings is 2. The van der Waals surface area contributed by atoms with Crippen LogP contribution in [-0.4, -0.2) is 37.0 Å². The number of nitrogens with zero attached hydrogens (tertiary/aromatic N) is 2. The molecule has 0 fully saturated rings. The van der Waals surface area contributed by atoms with Gasteiger partial charge in [0.1, 0.15) is 28.0 Å². The Hall–Kier alpha value is -2.69. The molecule has 1 aromatic heterocycles. The van der Waals surface area contributed by atoms with E-state index in [1.807, 2.05) is 6.92 Å². The van der Waals surface area contributed by atoms with Gasteiger partial charge in [-0.3, -0.25) is 4.79 Å². The second kappa shape index (κ2) is 9.63. The van der Waals surface area contributed by atoms with Crippen LogP contribution in [0, 0.1) is 0 Å². The molecule has 3 N–H and O–H groups in total. The second-order valence-corrected chi connectivity index (χ2v) is 9.46. The van der Waals surface area contributed by atoms with Gasteiger partial charge >= 0.3 is 0 Å². The first-order chi connectivity index (χ1) is 14.8. The molecule has 0 aliphatic carbocycles. The predicted molar refractivity (Wildman–Crippen MR) is 122 cm³/mol. The number of hydrogen-bond acceptors (Lipinski definition) is 7. The number of ether oxygens (including phenoxy) is 1. The number of nitrogens with one attached hydrogen (secondary N) is 1. The van der Waals surface area contributed by atoms with Crippen molar-refractivity contribution in [1.29, 1.82) is 0 Å². The molecule has 0 atom stereocenters. The number of aromatic nitrogens is 2. The van der Waals surface area contributed by atoms with Gasteiger partial charge in [0.05, 0.1) is 11.5 Å². The minimum absolute atomic E-state index is 0.0392. The molecule has 0 radical (unpaired) electrons. The summed E-state index contributed by atoms with van der Waals surface area (Å²) in [6.07, 6.45) is 1.69. The van der Waals surface area contributed by atoms with E-state index in [1.165, 1.54) is 28.9 Å². The molecule has 0 spiro atoms. The number of carbonyl (C=O) groups excluding carboxylic acids is 1. The summed E-state index contributed by atoms with van der Waals surface area (Å²) in [5, 5.41) is 7.58. The van der Waals surface area contributed by atoms with Crippen LogP contribution in [0.25, 0.3) is 0 Å². The highest BCUT2D eigenvalue weighted by Gasteiger charge is 2.29. The third-order valence-corrected chi connectivity index (χ3v) is 7.13. The Morgan fingerprint density at radius 2 is 1.84 bits per heavy atom. The number of halogens is 1. The van der Waals surface area contributed by atoms with Gasteiger partial charge in [-0.15, -0.1) is 11.8 Å². The third-order valence-electron chi connectivity index (χ3n) is 4.24. The molecule has 0 saturated carbocycles. The zero-order chi connectivity index (χ0) is 22.6. The van der Waals surface area contributed by atoms with E-state index < -0.39 is 15.7 Å². The summed E-state index contributed by atoms with van der Waals surface area (Å²) in [5.74, 6) is 0.182. The maximum absolute atomic E-state index is 13.1. The molecule has 1 heterocycles. The van der Waals surface area contributed by atoms with E-state index >= 15 is 0 Å². The van der Waals surface area contributed by atoms with Gasteiger partial charge in [0.25, 0.3) is 0 Å². The first kappa shape index (κ1) is 23.0. The number of nitrogens with two attached hydrogens (primary N) is 1. The highest BCUT2D eigenvalue weighted by Crippen LogP contribution is 2.34. The average Bonchev–Trinajstić information content (AvgIpc) is 3.06. The Balaban J connectivity index is 1.84. The van der Waals surface area contributed by atoms with E-state index in [0.29, 0.717) is 23.1 Å². The summed E-state index contributed by atoms with van der Waals surface area (Å²) in [5.41, 5.74) is 6.68. The van der Waals surface area contributed by atoms with Crippen LogP contribution in [0.3, 0.4) is 0 Å². The first-order valence-electron chi connectivity index (χ1n) is 9.20. The van der Waals surface area contributed by atoms with Gasteiger partial charge in [0, 0.05) is 10.7 Å². The lowest BCUT2D eigenvalue weighted by molar-refractivity contribution is -0.116. The number of carbonyl (C=O) groups is 1. The largest absolute Gasteiger partial charge is 0.494 e. The van der Waals surface area contributed by atoms with Crippen molar-refractivity contribution in [2.45, 2.75) is 28.3 Å². The lowest BCUT2D eigenvalue weighted by Gasteiger charge is -2.09. The summed E-state index contributed by atoms with van der Waals surface area (Å²) in [6.45, 7) is 2.18. The second-order valence-electron chi connectivity index (χ2n) is 6.34. The van der Waals surface area contributed by atoms with Crippen LogP contribution in [0.1, 0.15) is 6.92 Å². The van der Waals surface area contributed by atoms with Crippen molar-refractivity contribution in [3.05, 3.63) is 53.6 Å². The van der Waals surface area contributed by atoms with Crippen molar-refractivity contribution in [3.8, 4) is 5.75 Å². The third kappa shape index (κ3) is 5.15. The van der Waals surface area contributed by atoms with Crippen LogP contribution in [-0.2, 0) is 21.2 Å².